The second-order valence-corrected chi connectivity index (χ2v) is 8.32. The Morgan fingerprint density at radius 1 is 1.03 bits per heavy atom. The van der Waals surface area contributed by atoms with Crippen molar-refractivity contribution in [1.82, 2.24) is 14.9 Å². The monoisotopic (exact) mass is 438 g/mol. The van der Waals surface area contributed by atoms with Gasteiger partial charge < -0.3 is 14.6 Å². The second-order valence-electron chi connectivity index (χ2n) is 8.32. The molecule has 0 saturated heterocycles. The standard InChI is InChI=1S/C28H30N4O/c1-3-14-30-15-4-16-32-17-13-26-27(32)18-25(24-11-9-22(19-29)10-12-24)28(31-26)33-20-23-7-5-21(2)6-8-23/h5-13,17-18,30H,3-4,14-16,20H2,1-2H3. The Balaban J connectivity index is 1.64. The van der Waals surface area contributed by atoms with E-state index in [2.05, 4.69) is 72.4 Å². The van der Waals surface area contributed by atoms with Crippen molar-refractivity contribution in [3.8, 4) is 23.1 Å². The lowest BCUT2D eigenvalue weighted by molar-refractivity contribution is 0.296. The van der Waals surface area contributed by atoms with Crippen LogP contribution >= 0.6 is 0 Å². The van der Waals surface area contributed by atoms with Crippen molar-refractivity contribution in [2.24, 2.45) is 0 Å². The highest BCUT2D eigenvalue weighted by Crippen LogP contribution is 2.33. The maximum atomic E-state index is 9.17. The van der Waals surface area contributed by atoms with Crippen LogP contribution in [0, 0.1) is 18.3 Å². The molecule has 0 fully saturated rings. The minimum Gasteiger partial charge on any atom is -0.472 e. The van der Waals surface area contributed by atoms with E-state index >= 15 is 0 Å². The third kappa shape index (κ3) is 5.60. The smallest absolute Gasteiger partial charge is 0.222 e. The van der Waals surface area contributed by atoms with Gasteiger partial charge in [-0.25, -0.2) is 4.98 Å². The molecule has 0 aliphatic heterocycles. The van der Waals surface area contributed by atoms with E-state index in [4.69, 9.17) is 9.72 Å². The fourth-order valence-corrected chi connectivity index (χ4v) is 3.84. The summed E-state index contributed by atoms with van der Waals surface area (Å²) in [6.45, 7) is 7.69. The van der Waals surface area contributed by atoms with Crippen LogP contribution in [0.2, 0.25) is 0 Å². The van der Waals surface area contributed by atoms with Crippen molar-refractivity contribution in [1.29, 1.82) is 5.26 Å². The number of hydrogen-bond donors (Lipinski definition) is 1. The van der Waals surface area contributed by atoms with Gasteiger partial charge in [-0.3, -0.25) is 0 Å². The van der Waals surface area contributed by atoms with Crippen molar-refractivity contribution in [3.63, 3.8) is 0 Å². The summed E-state index contributed by atoms with van der Waals surface area (Å²) in [5.41, 5.74) is 6.90. The van der Waals surface area contributed by atoms with Crippen LogP contribution in [0.1, 0.15) is 36.5 Å². The summed E-state index contributed by atoms with van der Waals surface area (Å²) in [4.78, 5) is 4.88. The minimum absolute atomic E-state index is 0.450. The molecule has 168 valence electrons. The molecule has 0 saturated carbocycles. The highest BCUT2D eigenvalue weighted by molar-refractivity contribution is 5.84. The van der Waals surface area contributed by atoms with Gasteiger partial charge >= 0.3 is 0 Å². The first-order valence-corrected chi connectivity index (χ1v) is 11.6. The topological polar surface area (TPSA) is 62.9 Å². The van der Waals surface area contributed by atoms with Crippen LogP contribution in [-0.4, -0.2) is 22.6 Å². The Kier molecular flexibility index (Phi) is 7.39. The number of nitrogens with zero attached hydrogens (tertiary/aromatic N) is 3. The Hall–Kier alpha value is -3.62. The van der Waals surface area contributed by atoms with Crippen molar-refractivity contribution >= 4 is 11.0 Å². The molecule has 0 radical (unpaired) electrons. The first-order valence-electron chi connectivity index (χ1n) is 11.6. The van der Waals surface area contributed by atoms with Crippen LogP contribution < -0.4 is 10.1 Å². The van der Waals surface area contributed by atoms with Gasteiger partial charge in [0.25, 0.3) is 0 Å². The van der Waals surface area contributed by atoms with Crippen LogP contribution in [0.4, 0.5) is 0 Å². The van der Waals surface area contributed by atoms with E-state index in [1.54, 1.807) is 0 Å². The normalized spacial score (nSPS) is 10.9. The molecule has 0 aliphatic carbocycles. The fraction of sp³-hybridized carbons (Fsp3) is 0.286. The summed E-state index contributed by atoms with van der Waals surface area (Å²) in [5.74, 6) is 0.607. The Labute approximate surface area is 195 Å². The highest BCUT2D eigenvalue weighted by Gasteiger charge is 2.14. The van der Waals surface area contributed by atoms with E-state index in [1.807, 2.05) is 24.3 Å². The number of nitriles is 1. The number of nitrogens with one attached hydrogen (secondary N) is 1. The lowest BCUT2D eigenvalue weighted by Crippen LogP contribution is -2.17. The number of rotatable bonds is 10. The van der Waals surface area contributed by atoms with Gasteiger partial charge in [-0.05, 0) is 68.2 Å². The largest absolute Gasteiger partial charge is 0.472 e. The maximum Gasteiger partial charge on any atom is 0.222 e. The van der Waals surface area contributed by atoms with Crippen molar-refractivity contribution in [2.45, 2.75) is 39.8 Å². The first-order chi connectivity index (χ1) is 16.2. The van der Waals surface area contributed by atoms with Gasteiger partial charge in [0.1, 0.15) is 6.61 Å². The average Bonchev–Trinajstić information content (AvgIpc) is 3.25. The van der Waals surface area contributed by atoms with Crippen LogP contribution in [0.25, 0.3) is 22.2 Å². The molecule has 2 aromatic heterocycles. The predicted octanol–water partition coefficient (Wildman–Crippen LogP) is 5.85. The lowest BCUT2D eigenvalue weighted by Gasteiger charge is -2.13. The molecule has 5 nitrogen and oxygen atoms in total. The van der Waals surface area contributed by atoms with Crippen LogP contribution in [0.5, 0.6) is 5.88 Å². The third-order valence-electron chi connectivity index (χ3n) is 5.72. The highest BCUT2D eigenvalue weighted by atomic mass is 16.5. The summed E-state index contributed by atoms with van der Waals surface area (Å²) >= 11 is 0. The molecular weight excluding hydrogens is 408 g/mol. The average molecular weight is 439 g/mol. The molecule has 1 N–H and O–H groups in total. The van der Waals surface area contributed by atoms with Gasteiger partial charge in [0.2, 0.25) is 5.88 Å². The maximum absolute atomic E-state index is 9.17. The number of aryl methyl sites for hydroxylation is 2. The summed E-state index contributed by atoms with van der Waals surface area (Å²) in [6, 6.07) is 22.3. The number of ether oxygens (including phenoxy) is 1. The van der Waals surface area contributed by atoms with Crippen LogP contribution in [-0.2, 0) is 13.2 Å². The minimum atomic E-state index is 0.450. The summed E-state index contributed by atoms with van der Waals surface area (Å²) in [5, 5.41) is 12.6. The van der Waals surface area contributed by atoms with Gasteiger partial charge in [-0.15, -0.1) is 0 Å². The molecule has 2 heterocycles. The third-order valence-corrected chi connectivity index (χ3v) is 5.72. The number of hydrogen-bond acceptors (Lipinski definition) is 4. The lowest BCUT2D eigenvalue weighted by atomic mass is 10.0. The fourth-order valence-electron chi connectivity index (χ4n) is 3.84. The zero-order valence-corrected chi connectivity index (χ0v) is 19.3. The zero-order chi connectivity index (χ0) is 23.0. The molecule has 5 heteroatoms. The van der Waals surface area contributed by atoms with Crippen molar-refractivity contribution < 1.29 is 4.74 Å². The predicted molar refractivity (Wildman–Crippen MR) is 133 cm³/mol. The zero-order valence-electron chi connectivity index (χ0n) is 19.3. The first kappa shape index (κ1) is 22.6. The molecule has 0 atom stereocenters. The summed E-state index contributed by atoms with van der Waals surface area (Å²) < 4.78 is 8.48. The van der Waals surface area contributed by atoms with E-state index in [9.17, 15) is 5.26 Å². The molecule has 0 aliphatic rings. The molecule has 33 heavy (non-hydrogen) atoms. The van der Waals surface area contributed by atoms with Gasteiger partial charge in [-0.2, -0.15) is 5.26 Å². The molecule has 0 bridgehead atoms. The van der Waals surface area contributed by atoms with E-state index < -0.39 is 0 Å². The summed E-state index contributed by atoms with van der Waals surface area (Å²) in [7, 11) is 0. The number of aromatic nitrogens is 2. The molecule has 0 unspecified atom stereocenters. The number of fused-ring (bicyclic) bond motifs is 1. The molecular formula is C28H30N4O. The summed E-state index contributed by atoms with van der Waals surface area (Å²) in [6.07, 6.45) is 4.31. The quantitative estimate of drug-likeness (QED) is 0.315. The molecule has 4 rings (SSSR count). The van der Waals surface area contributed by atoms with Crippen LogP contribution in [0.15, 0.2) is 66.9 Å². The van der Waals surface area contributed by atoms with E-state index in [1.165, 1.54) is 5.56 Å². The van der Waals surface area contributed by atoms with Crippen molar-refractivity contribution in [3.05, 3.63) is 83.6 Å². The van der Waals surface area contributed by atoms with E-state index in [0.29, 0.717) is 18.1 Å². The molecule has 4 aromatic rings. The Morgan fingerprint density at radius 2 is 1.82 bits per heavy atom. The van der Waals surface area contributed by atoms with Gasteiger partial charge in [0, 0.05) is 18.3 Å². The van der Waals surface area contributed by atoms with E-state index in [-0.39, 0.29) is 0 Å². The SMILES string of the molecule is CCCNCCCn1ccc2nc(OCc3ccc(C)cc3)c(-c3ccc(C#N)cc3)cc21. The second kappa shape index (κ2) is 10.8. The van der Waals surface area contributed by atoms with Crippen molar-refractivity contribution in [2.75, 3.05) is 13.1 Å². The van der Waals surface area contributed by atoms with Gasteiger partial charge in [0.15, 0.2) is 0 Å². The molecule has 2 aromatic carbocycles. The number of benzene rings is 2. The van der Waals surface area contributed by atoms with Crippen LogP contribution in [0.3, 0.4) is 0 Å². The Morgan fingerprint density at radius 3 is 2.55 bits per heavy atom. The van der Waals surface area contributed by atoms with Gasteiger partial charge in [-0.1, -0.05) is 48.9 Å². The molecule has 0 amide bonds. The van der Waals surface area contributed by atoms with E-state index in [0.717, 1.165) is 60.2 Å². The number of pyridine rings is 1. The molecule has 0 spiro atoms. The van der Waals surface area contributed by atoms with Gasteiger partial charge in [0.05, 0.1) is 22.7 Å². The Bertz CT molecular complexity index is 1230.